The van der Waals surface area contributed by atoms with E-state index >= 15 is 0 Å². The van der Waals surface area contributed by atoms with E-state index in [-0.39, 0.29) is 0 Å². The predicted molar refractivity (Wildman–Crippen MR) is 82.5 cm³/mol. The van der Waals surface area contributed by atoms with Crippen molar-refractivity contribution in [2.24, 2.45) is 5.92 Å². The second-order valence-electron chi connectivity index (χ2n) is 7.01. The molecule has 1 aliphatic carbocycles. The van der Waals surface area contributed by atoms with Gasteiger partial charge in [-0.3, -0.25) is 0 Å². The normalized spacial score (nSPS) is 33.5. The summed E-state index contributed by atoms with van der Waals surface area (Å²) in [6.45, 7) is 2.24. The lowest BCUT2D eigenvalue weighted by Gasteiger charge is -2.36. The van der Waals surface area contributed by atoms with Crippen LogP contribution in [0.3, 0.4) is 0 Å². The van der Waals surface area contributed by atoms with Crippen LogP contribution in [-0.4, -0.2) is 27.0 Å². The minimum absolute atomic E-state index is 0.518. The second-order valence-corrected chi connectivity index (χ2v) is 10.6. The fourth-order valence-corrected chi connectivity index (χ4v) is 8.61. The number of halogens is 3. The summed E-state index contributed by atoms with van der Waals surface area (Å²) >= 11 is 0. The van der Waals surface area contributed by atoms with Gasteiger partial charge in [-0.05, 0) is 37.1 Å². The molecule has 2 rings (SSSR count). The molecule has 0 bridgehead atoms. The van der Waals surface area contributed by atoms with Gasteiger partial charge in [-0.25, -0.2) is 4.79 Å². The van der Waals surface area contributed by atoms with E-state index in [9.17, 15) is 18.0 Å². The van der Waals surface area contributed by atoms with Crippen molar-refractivity contribution in [3.8, 4) is 0 Å². The van der Waals surface area contributed by atoms with Crippen molar-refractivity contribution in [3.05, 3.63) is 0 Å². The van der Waals surface area contributed by atoms with E-state index in [1.807, 2.05) is 0 Å². The molecule has 0 N–H and O–H groups in total. The Labute approximate surface area is 132 Å². The Morgan fingerprint density at radius 2 is 1.68 bits per heavy atom. The molecule has 0 atom stereocenters. The van der Waals surface area contributed by atoms with E-state index in [1.165, 1.54) is 37.8 Å². The topological polar surface area (TPSA) is 26.3 Å². The first-order chi connectivity index (χ1) is 10.4. The second kappa shape index (κ2) is 7.84. The molecule has 0 unspecified atom stereocenters. The minimum Gasteiger partial charge on any atom is -0.456 e. The third-order valence-electron chi connectivity index (χ3n) is 5.48. The molecule has 1 heterocycles. The predicted octanol–water partition coefficient (Wildman–Crippen LogP) is 4.84. The first-order valence-electron chi connectivity index (χ1n) is 8.68. The third kappa shape index (κ3) is 5.00. The summed E-state index contributed by atoms with van der Waals surface area (Å²) in [6.07, 6.45) is 3.15. The molecule has 0 amide bonds. The molecule has 1 saturated carbocycles. The Bertz CT molecular complexity index is 357. The molecule has 2 aliphatic rings. The van der Waals surface area contributed by atoms with Gasteiger partial charge in [0.1, 0.15) is 6.10 Å². The van der Waals surface area contributed by atoms with Gasteiger partial charge in [0.15, 0.2) is 0 Å². The van der Waals surface area contributed by atoms with Crippen molar-refractivity contribution < 1.29 is 22.7 Å². The molecule has 6 heteroatoms. The number of hydrogen-bond donors (Lipinski definition) is 0. The standard InChI is InChI=1S/C16H27F3O2Si/c1-2-3-12-8-10-22(11-9-12)14-6-4-13(5-7-14)21-15(20)16(17,18)19/h12-14,22H,2-11H2,1H3. The van der Waals surface area contributed by atoms with Crippen LogP contribution in [0.2, 0.25) is 17.6 Å². The molecule has 2 nitrogen and oxygen atoms in total. The van der Waals surface area contributed by atoms with Gasteiger partial charge in [0.05, 0.1) is 0 Å². The number of carbonyl (C=O) groups excluding carboxylic acids is 1. The van der Waals surface area contributed by atoms with Crippen molar-refractivity contribution in [3.63, 3.8) is 0 Å². The first kappa shape index (κ1) is 17.8. The lowest BCUT2D eigenvalue weighted by atomic mass is 9.96. The lowest BCUT2D eigenvalue weighted by molar-refractivity contribution is -0.206. The number of hydrogen-bond acceptors (Lipinski definition) is 2. The van der Waals surface area contributed by atoms with Crippen LogP contribution in [0.4, 0.5) is 13.2 Å². The Hall–Kier alpha value is -0.523. The Balaban J connectivity index is 1.70. The highest BCUT2D eigenvalue weighted by molar-refractivity contribution is 6.60. The van der Waals surface area contributed by atoms with Crippen molar-refractivity contribution in [2.75, 3.05) is 0 Å². The molecule has 2 fully saturated rings. The van der Waals surface area contributed by atoms with Gasteiger partial charge in [-0.2, -0.15) is 13.2 Å². The summed E-state index contributed by atoms with van der Waals surface area (Å²) in [5.74, 6) is -1.11. The van der Waals surface area contributed by atoms with Crippen molar-refractivity contribution in [1.29, 1.82) is 0 Å². The molecule has 0 radical (unpaired) electrons. The summed E-state index contributed by atoms with van der Waals surface area (Å²) in [4.78, 5) is 10.9. The number of esters is 1. The van der Waals surface area contributed by atoms with Gasteiger partial charge < -0.3 is 4.74 Å². The zero-order chi connectivity index (χ0) is 16.2. The highest BCUT2D eigenvalue weighted by Crippen LogP contribution is 2.41. The fraction of sp³-hybridized carbons (Fsp3) is 0.938. The maximum absolute atomic E-state index is 12.2. The van der Waals surface area contributed by atoms with E-state index in [0.717, 1.165) is 24.3 Å². The maximum Gasteiger partial charge on any atom is 0.490 e. The average molecular weight is 336 g/mol. The smallest absolute Gasteiger partial charge is 0.456 e. The third-order valence-corrected chi connectivity index (χ3v) is 9.63. The number of alkyl halides is 3. The Morgan fingerprint density at radius 3 is 2.18 bits per heavy atom. The van der Waals surface area contributed by atoms with E-state index in [1.54, 1.807) is 0 Å². The Morgan fingerprint density at radius 1 is 1.09 bits per heavy atom. The monoisotopic (exact) mass is 336 g/mol. The van der Waals surface area contributed by atoms with Gasteiger partial charge in [0.2, 0.25) is 0 Å². The van der Waals surface area contributed by atoms with Crippen molar-refractivity contribution in [2.45, 2.75) is 88.2 Å². The van der Waals surface area contributed by atoms with Crippen LogP contribution in [-0.2, 0) is 9.53 Å². The number of ether oxygens (including phenoxy) is 1. The van der Waals surface area contributed by atoms with Crippen LogP contribution in [0.15, 0.2) is 0 Å². The minimum atomic E-state index is -4.86. The van der Waals surface area contributed by atoms with E-state index < -0.39 is 27.0 Å². The van der Waals surface area contributed by atoms with E-state index in [4.69, 9.17) is 0 Å². The summed E-state index contributed by atoms with van der Waals surface area (Å²) in [6, 6.07) is 2.81. The molecule has 1 aliphatic heterocycles. The fourth-order valence-electron chi connectivity index (χ4n) is 4.25. The maximum atomic E-state index is 12.2. The summed E-state index contributed by atoms with van der Waals surface area (Å²) in [5.41, 5.74) is 0.753. The largest absolute Gasteiger partial charge is 0.490 e. The molecule has 22 heavy (non-hydrogen) atoms. The van der Waals surface area contributed by atoms with Crippen molar-refractivity contribution >= 4 is 14.8 Å². The molecule has 0 aromatic carbocycles. The van der Waals surface area contributed by atoms with Crippen LogP contribution >= 0.6 is 0 Å². The van der Waals surface area contributed by atoms with Crippen molar-refractivity contribution in [1.82, 2.24) is 0 Å². The molecular weight excluding hydrogens is 309 g/mol. The molecule has 0 aromatic heterocycles. The number of rotatable bonds is 4. The van der Waals surface area contributed by atoms with Crippen LogP contribution in [0.5, 0.6) is 0 Å². The molecule has 0 spiro atoms. The summed E-state index contributed by atoms with van der Waals surface area (Å²) < 4.78 is 41.2. The van der Waals surface area contributed by atoms with Crippen LogP contribution in [0.25, 0.3) is 0 Å². The molecule has 1 saturated heterocycles. The molecular formula is C16H27F3O2Si. The van der Waals surface area contributed by atoms with Gasteiger partial charge in [-0.1, -0.05) is 44.7 Å². The van der Waals surface area contributed by atoms with E-state index in [0.29, 0.717) is 12.8 Å². The summed E-state index contributed by atoms with van der Waals surface area (Å²) in [7, 11) is -0.730. The average Bonchev–Trinajstić information content (AvgIpc) is 2.48. The summed E-state index contributed by atoms with van der Waals surface area (Å²) in [5, 5.41) is 0. The van der Waals surface area contributed by atoms with Gasteiger partial charge in [0.25, 0.3) is 0 Å². The molecule has 128 valence electrons. The van der Waals surface area contributed by atoms with Crippen LogP contribution < -0.4 is 0 Å². The zero-order valence-electron chi connectivity index (χ0n) is 13.3. The SMILES string of the molecule is CCCC1CC[SiH](C2CCC(OC(=O)C(F)(F)F)CC2)CC1. The van der Waals surface area contributed by atoms with Crippen LogP contribution in [0, 0.1) is 5.92 Å². The zero-order valence-corrected chi connectivity index (χ0v) is 14.5. The van der Waals surface area contributed by atoms with Crippen LogP contribution in [0.1, 0.15) is 58.3 Å². The van der Waals surface area contributed by atoms with Gasteiger partial charge in [0, 0.05) is 8.80 Å². The first-order valence-corrected chi connectivity index (χ1v) is 11.0. The van der Waals surface area contributed by atoms with Gasteiger partial charge in [-0.15, -0.1) is 0 Å². The number of carbonyl (C=O) groups is 1. The quantitative estimate of drug-likeness (QED) is 0.542. The highest BCUT2D eigenvalue weighted by atomic mass is 28.3. The Kier molecular flexibility index (Phi) is 6.35. The van der Waals surface area contributed by atoms with Gasteiger partial charge >= 0.3 is 12.1 Å². The molecule has 0 aromatic rings. The van der Waals surface area contributed by atoms with E-state index in [2.05, 4.69) is 11.7 Å². The lowest BCUT2D eigenvalue weighted by Crippen LogP contribution is -2.34. The highest BCUT2D eigenvalue weighted by Gasteiger charge is 2.43.